The first-order chi connectivity index (χ1) is 15.6. The van der Waals surface area contributed by atoms with Gasteiger partial charge in [0, 0.05) is 16.8 Å². The second kappa shape index (κ2) is 8.68. The number of benzene rings is 2. The maximum Gasteiger partial charge on any atom is 0.335 e. The first-order valence-corrected chi connectivity index (χ1v) is 11.9. The highest BCUT2D eigenvalue weighted by Gasteiger charge is 2.24. The van der Waals surface area contributed by atoms with Crippen molar-refractivity contribution in [1.82, 2.24) is 15.2 Å². The van der Waals surface area contributed by atoms with Gasteiger partial charge in [-0.3, -0.25) is 15.1 Å². The van der Waals surface area contributed by atoms with Gasteiger partial charge in [-0.25, -0.2) is 4.79 Å². The molecule has 0 fully saturated rings. The van der Waals surface area contributed by atoms with Crippen LogP contribution in [0.5, 0.6) is 0 Å². The maximum atomic E-state index is 13.2. The van der Waals surface area contributed by atoms with Crippen LogP contribution in [-0.2, 0) is 18.6 Å². The molecule has 0 atom stereocenters. The lowest BCUT2D eigenvalue weighted by atomic mass is 10.0. The molecule has 9 heteroatoms. The van der Waals surface area contributed by atoms with Crippen LogP contribution in [0.2, 0.25) is 0 Å². The Kier molecular flexibility index (Phi) is 5.59. The van der Waals surface area contributed by atoms with E-state index < -0.39 is 5.97 Å². The summed E-state index contributed by atoms with van der Waals surface area (Å²) >= 11 is 2.81. The molecule has 2 aromatic heterocycles. The van der Waals surface area contributed by atoms with Crippen molar-refractivity contribution >= 4 is 51.0 Å². The Morgan fingerprint density at radius 1 is 1.06 bits per heavy atom. The first-order valence-electron chi connectivity index (χ1n) is 10.1. The van der Waals surface area contributed by atoms with Crippen LogP contribution in [0.15, 0.2) is 52.9 Å². The molecule has 0 unspecified atom stereocenters. The lowest BCUT2D eigenvalue weighted by molar-refractivity contribution is 0.0696. The molecule has 0 bridgehead atoms. The van der Waals surface area contributed by atoms with Gasteiger partial charge in [0.15, 0.2) is 4.34 Å². The molecule has 7 nitrogen and oxygen atoms in total. The van der Waals surface area contributed by atoms with E-state index in [9.17, 15) is 9.59 Å². The summed E-state index contributed by atoms with van der Waals surface area (Å²) in [5.41, 5.74) is 4.81. The molecule has 0 radical (unpaired) electrons. The number of anilines is 1. The highest BCUT2D eigenvalue weighted by molar-refractivity contribution is 8.00. The number of aromatic carboxylic acids is 1. The van der Waals surface area contributed by atoms with E-state index in [1.165, 1.54) is 23.1 Å². The highest BCUT2D eigenvalue weighted by atomic mass is 32.2. The van der Waals surface area contributed by atoms with Crippen molar-refractivity contribution in [2.24, 2.45) is 0 Å². The largest absolute Gasteiger partial charge is 0.478 e. The average molecular weight is 463 g/mol. The number of nitrogens with one attached hydrogen (secondary N) is 1. The van der Waals surface area contributed by atoms with Crippen LogP contribution in [0.3, 0.4) is 0 Å². The second-order valence-corrected chi connectivity index (χ2v) is 9.60. The van der Waals surface area contributed by atoms with Gasteiger partial charge in [-0.1, -0.05) is 53.4 Å². The number of hydrogen-bond acceptors (Lipinski definition) is 7. The van der Waals surface area contributed by atoms with Crippen molar-refractivity contribution in [1.29, 1.82) is 0 Å². The SMILES string of the molecule is O=C(O)c1ccc(CSc2nnc(NC(=O)c3c4c(nc5ccccc35)CCC4)s2)cc1. The Morgan fingerprint density at radius 2 is 1.88 bits per heavy atom. The molecule has 5 rings (SSSR count). The molecule has 0 saturated carbocycles. The molecule has 0 spiro atoms. The fraction of sp³-hybridized carbons (Fsp3) is 0.174. The Balaban J connectivity index is 1.31. The zero-order valence-corrected chi connectivity index (χ0v) is 18.5. The van der Waals surface area contributed by atoms with Crippen molar-refractivity contribution in [3.05, 3.63) is 76.5 Å². The maximum absolute atomic E-state index is 13.2. The Labute approximate surface area is 191 Å². The quantitative estimate of drug-likeness (QED) is 0.313. The summed E-state index contributed by atoms with van der Waals surface area (Å²) in [4.78, 5) is 28.9. The Hall–Kier alpha value is -3.30. The fourth-order valence-electron chi connectivity index (χ4n) is 3.84. The number of aryl methyl sites for hydroxylation is 1. The summed E-state index contributed by atoms with van der Waals surface area (Å²) in [6, 6.07) is 14.5. The third-order valence-electron chi connectivity index (χ3n) is 5.34. The number of aromatic nitrogens is 3. The van der Waals surface area contributed by atoms with Crippen molar-refractivity contribution < 1.29 is 14.7 Å². The van der Waals surface area contributed by atoms with Crippen LogP contribution in [0, 0.1) is 0 Å². The van der Waals surface area contributed by atoms with Crippen LogP contribution in [-0.4, -0.2) is 32.2 Å². The van der Waals surface area contributed by atoms with E-state index in [0.29, 0.717) is 16.4 Å². The van der Waals surface area contributed by atoms with Gasteiger partial charge in [0.2, 0.25) is 5.13 Å². The number of amides is 1. The van der Waals surface area contributed by atoms with E-state index in [2.05, 4.69) is 15.5 Å². The first kappa shape index (κ1) is 20.6. The van der Waals surface area contributed by atoms with Crippen LogP contribution >= 0.6 is 23.1 Å². The molecule has 4 aromatic rings. The lowest BCUT2D eigenvalue weighted by Crippen LogP contribution is -2.15. The van der Waals surface area contributed by atoms with Gasteiger partial charge in [-0.2, -0.15) is 0 Å². The molecule has 0 saturated heterocycles. The van der Waals surface area contributed by atoms with Gasteiger partial charge >= 0.3 is 5.97 Å². The topological polar surface area (TPSA) is 105 Å². The summed E-state index contributed by atoms with van der Waals surface area (Å²) in [5, 5.41) is 21.5. The van der Waals surface area contributed by atoms with Gasteiger partial charge in [0.25, 0.3) is 5.91 Å². The molecule has 2 heterocycles. The van der Waals surface area contributed by atoms with Crippen LogP contribution in [0.1, 0.15) is 44.0 Å². The fourth-order valence-corrected chi connectivity index (χ4v) is 5.54. The molecule has 160 valence electrons. The molecule has 1 amide bonds. The van der Waals surface area contributed by atoms with E-state index in [1.807, 2.05) is 24.3 Å². The predicted molar refractivity (Wildman–Crippen MR) is 125 cm³/mol. The molecular formula is C23H18N4O3S2. The van der Waals surface area contributed by atoms with Crippen molar-refractivity contribution in [2.45, 2.75) is 29.4 Å². The minimum absolute atomic E-state index is 0.182. The normalized spacial score (nSPS) is 12.6. The number of para-hydroxylation sites is 1. The number of nitrogens with zero attached hydrogens (tertiary/aromatic N) is 3. The summed E-state index contributed by atoms with van der Waals surface area (Å²) in [7, 11) is 0. The van der Waals surface area contributed by atoms with Crippen molar-refractivity contribution in [3.8, 4) is 0 Å². The molecule has 2 N–H and O–H groups in total. The van der Waals surface area contributed by atoms with E-state index in [-0.39, 0.29) is 11.5 Å². The zero-order chi connectivity index (χ0) is 22.1. The number of carboxylic acids is 1. The zero-order valence-electron chi connectivity index (χ0n) is 16.9. The summed E-state index contributed by atoms with van der Waals surface area (Å²) in [6.07, 6.45) is 2.76. The lowest BCUT2D eigenvalue weighted by Gasteiger charge is -2.11. The van der Waals surface area contributed by atoms with Gasteiger partial charge in [-0.15, -0.1) is 10.2 Å². The smallest absolute Gasteiger partial charge is 0.335 e. The number of carbonyl (C=O) groups is 2. The number of hydrogen-bond donors (Lipinski definition) is 2. The number of fused-ring (bicyclic) bond motifs is 2. The van der Waals surface area contributed by atoms with E-state index in [0.717, 1.165) is 51.3 Å². The number of rotatable bonds is 6. The second-order valence-electron chi connectivity index (χ2n) is 7.40. The monoisotopic (exact) mass is 462 g/mol. The van der Waals surface area contributed by atoms with Gasteiger partial charge in [0.1, 0.15) is 0 Å². The Morgan fingerprint density at radius 3 is 2.69 bits per heavy atom. The van der Waals surface area contributed by atoms with Crippen LogP contribution in [0.4, 0.5) is 5.13 Å². The molecule has 2 aromatic carbocycles. The third-order valence-corrected chi connectivity index (χ3v) is 7.38. The van der Waals surface area contributed by atoms with Crippen molar-refractivity contribution in [2.75, 3.05) is 5.32 Å². The Bertz CT molecular complexity index is 1340. The molecule has 0 aliphatic heterocycles. The summed E-state index contributed by atoms with van der Waals surface area (Å²) < 4.78 is 0.729. The number of pyridine rings is 1. The van der Waals surface area contributed by atoms with E-state index in [1.54, 1.807) is 24.3 Å². The minimum Gasteiger partial charge on any atom is -0.478 e. The summed E-state index contributed by atoms with van der Waals surface area (Å²) in [5.74, 6) is -0.495. The van der Waals surface area contributed by atoms with Crippen LogP contribution in [0.25, 0.3) is 10.9 Å². The third kappa shape index (κ3) is 4.09. The number of carbonyl (C=O) groups excluding carboxylic acids is 1. The molecular weight excluding hydrogens is 444 g/mol. The van der Waals surface area contributed by atoms with Gasteiger partial charge in [-0.05, 0) is 48.6 Å². The summed E-state index contributed by atoms with van der Waals surface area (Å²) in [6.45, 7) is 0. The minimum atomic E-state index is -0.943. The standard InChI is InChI=1S/C23H18N4O3S2/c28-20(19-15-4-1-2-6-17(15)24-18-7-3-5-16(18)19)25-22-26-27-23(32-22)31-12-13-8-10-14(11-9-13)21(29)30/h1-2,4,6,8-11H,3,5,7,12H2,(H,29,30)(H,25,26,28). The van der Waals surface area contributed by atoms with E-state index in [4.69, 9.17) is 10.1 Å². The van der Waals surface area contributed by atoms with E-state index >= 15 is 0 Å². The van der Waals surface area contributed by atoms with Gasteiger partial charge < -0.3 is 5.11 Å². The molecule has 1 aliphatic carbocycles. The predicted octanol–water partition coefficient (Wildman–Crippen LogP) is 4.82. The van der Waals surface area contributed by atoms with Crippen LogP contribution < -0.4 is 5.32 Å². The molecule has 32 heavy (non-hydrogen) atoms. The van der Waals surface area contributed by atoms with Crippen molar-refractivity contribution in [3.63, 3.8) is 0 Å². The number of thioether (sulfide) groups is 1. The average Bonchev–Trinajstić information content (AvgIpc) is 3.45. The number of carboxylic acid groups (broad SMARTS) is 1. The van der Waals surface area contributed by atoms with Gasteiger partial charge in [0.05, 0.1) is 16.6 Å². The molecule has 1 aliphatic rings. The highest BCUT2D eigenvalue weighted by Crippen LogP contribution is 2.32.